The number of hydrogen-bond donors (Lipinski definition) is 1. The fraction of sp³-hybridized carbons (Fsp3) is 0.350. The monoisotopic (exact) mass is 357 g/mol. The molecule has 1 N–H and O–H groups in total. The van der Waals surface area contributed by atoms with Crippen LogP contribution in [0, 0.1) is 5.82 Å². The highest BCUT2D eigenvalue weighted by molar-refractivity contribution is 5.87. The van der Waals surface area contributed by atoms with Crippen molar-refractivity contribution in [3.05, 3.63) is 65.7 Å². The Hall–Kier alpha value is -2.76. The summed E-state index contributed by atoms with van der Waals surface area (Å²) >= 11 is 0. The van der Waals surface area contributed by atoms with E-state index in [1.165, 1.54) is 17.0 Å². The molecule has 6 heteroatoms. The third-order valence-electron chi connectivity index (χ3n) is 4.07. The van der Waals surface area contributed by atoms with Crippen LogP contribution in [0.3, 0.4) is 0 Å². The first-order valence-electron chi connectivity index (χ1n) is 8.72. The summed E-state index contributed by atoms with van der Waals surface area (Å²) < 4.78 is 13.1. The first kappa shape index (κ1) is 19.6. The topological polar surface area (TPSA) is 62.3 Å². The van der Waals surface area contributed by atoms with Gasteiger partial charge in [-0.2, -0.15) is 0 Å². The van der Waals surface area contributed by atoms with E-state index in [1.54, 1.807) is 25.3 Å². The zero-order valence-corrected chi connectivity index (χ0v) is 15.1. The van der Waals surface area contributed by atoms with E-state index in [0.29, 0.717) is 19.4 Å². The molecule has 1 atom stereocenters. The third-order valence-corrected chi connectivity index (χ3v) is 4.07. The Morgan fingerprint density at radius 1 is 1.19 bits per heavy atom. The van der Waals surface area contributed by atoms with Crippen LogP contribution in [0.4, 0.5) is 4.39 Å². The van der Waals surface area contributed by atoms with E-state index < -0.39 is 6.04 Å². The van der Waals surface area contributed by atoms with Gasteiger partial charge in [0.2, 0.25) is 11.8 Å². The van der Waals surface area contributed by atoms with Crippen LogP contribution in [-0.2, 0) is 22.7 Å². The molecule has 0 aliphatic carbocycles. The van der Waals surface area contributed by atoms with Crippen molar-refractivity contribution in [1.82, 2.24) is 15.2 Å². The van der Waals surface area contributed by atoms with Gasteiger partial charge in [-0.25, -0.2) is 4.39 Å². The van der Waals surface area contributed by atoms with E-state index in [2.05, 4.69) is 10.3 Å². The lowest BCUT2D eigenvalue weighted by molar-refractivity contribution is -0.140. The lowest BCUT2D eigenvalue weighted by Gasteiger charge is -2.28. The molecule has 0 saturated heterocycles. The van der Waals surface area contributed by atoms with Crippen molar-refractivity contribution in [3.8, 4) is 0 Å². The van der Waals surface area contributed by atoms with Gasteiger partial charge >= 0.3 is 0 Å². The number of hydrogen-bond acceptors (Lipinski definition) is 3. The zero-order chi connectivity index (χ0) is 18.9. The van der Waals surface area contributed by atoms with Crippen LogP contribution in [0.2, 0.25) is 0 Å². The zero-order valence-electron chi connectivity index (χ0n) is 15.1. The molecule has 26 heavy (non-hydrogen) atoms. The van der Waals surface area contributed by atoms with Crippen LogP contribution in [0.15, 0.2) is 48.7 Å². The molecule has 1 aromatic carbocycles. The number of carbonyl (C=O) groups is 2. The lowest BCUT2D eigenvalue weighted by atomic mass is 10.1. The van der Waals surface area contributed by atoms with E-state index in [9.17, 15) is 14.0 Å². The second-order valence-electron chi connectivity index (χ2n) is 6.11. The average molecular weight is 357 g/mol. The second-order valence-corrected chi connectivity index (χ2v) is 6.11. The maximum absolute atomic E-state index is 13.1. The van der Waals surface area contributed by atoms with Crippen LogP contribution >= 0.6 is 0 Å². The molecule has 0 saturated carbocycles. The number of nitrogens with zero attached hydrogens (tertiary/aromatic N) is 2. The number of amides is 2. The van der Waals surface area contributed by atoms with Gasteiger partial charge in [0, 0.05) is 19.2 Å². The van der Waals surface area contributed by atoms with Crippen molar-refractivity contribution in [2.24, 2.45) is 0 Å². The molecule has 0 aliphatic heterocycles. The number of rotatable bonds is 8. The summed E-state index contributed by atoms with van der Waals surface area (Å²) in [5, 5.41) is 2.82. The smallest absolute Gasteiger partial charge is 0.242 e. The minimum Gasteiger partial charge on any atom is -0.349 e. The van der Waals surface area contributed by atoms with E-state index >= 15 is 0 Å². The Kier molecular flexibility index (Phi) is 7.26. The molecule has 0 fully saturated rings. The van der Waals surface area contributed by atoms with E-state index in [4.69, 9.17) is 0 Å². The fourth-order valence-corrected chi connectivity index (χ4v) is 2.55. The van der Waals surface area contributed by atoms with E-state index in [-0.39, 0.29) is 24.2 Å². The predicted molar refractivity (Wildman–Crippen MR) is 97.4 cm³/mol. The Morgan fingerprint density at radius 2 is 1.92 bits per heavy atom. The molecule has 0 unspecified atom stereocenters. The molecule has 2 aromatic rings. The van der Waals surface area contributed by atoms with Crippen molar-refractivity contribution in [2.75, 3.05) is 0 Å². The number of halogens is 1. The summed E-state index contributed by atoms with van der Waals surface area (Å²) in [5.41, 5.74) is 1.53. The van der Waals surface area contributed by atoms with Crippen molar-refractivity contribution in [3.63, 3.8) is 0 Å². The van der Waals surface area contributed by atoms with Crippen LogP contribution in [-0.4, -0.2) is 27.7 Å². The predicted octanol–water partition coefficient (Wildman–Crippen LogP) is 3.05. The molecule has 0 bridgehead atoms. The molecule has 2 rings (SSSR count). The molecule has 0 spiro atoms. The average Bonchev–Trinajstić information content (AvgIpc) is 2.66. The molecule has 2 amide bonds. The second kappa shape index (κ2) is 9.65. The van der Waals surface area contributed by atoms with Crippen LogP contribution in [0.5, 0.6) is 0 Å². The van der Waals surface area contributed by atoms with Crippen molar-refractivity contribution in [1.29, 1.82) is 0 Å². The van der Waals surface area contributed by atoms with Gasteiger partial charge in [-0.15, -0.1) is 0 Å². The van der Waals surface area contributed by atoms with Gasteiger partial charge < -0.3 is 10.2 Å². The maximum atomic E-state index is 13.1. The number of carbonyl (C=O) groups excluding carboxylic acids is 2. The normalized spacial score (nSPS) is 11.7. The highest BCUT2D eigenvalue weighted by Crippen LogP contribution is 2.12. The molecular weight excluding hydrogens is 333 g/mol. The largest absolute Gasteiger partial charge is 0.349 e. The van der Waals surface area contributed by atoms with Crippen molar-refractivity contribution in [2.45, 2.75) is 45.8 Å². The van der Waals surface area contributed by atoms with Gasteiger partial charge in [-0.05, 0) is 43.2 Å². The van der Waals surface area contributed by atoms with Crippen LogP contribution < -0.4 is 5.32 Å². The number of nitrogens with one attached hydrogen (secondary N) is 1. The standard InChI is InChI=1S/C20H24FN3O2/c1-3-6-19(25)24(14-16-8-10-17(21)11-9-16)15(2)20(26)23-13-18-7-4-5-12-22-18/h4-5,7-12,15H,3,6,13-14H2,1-2H3,(H,23,26)/t15-/m1/s1. The highest BCUT2D eigenvalue weighted by Gasteiger charge is 2.25. The Morgan fingerprint density at radius 3 is 2.54 bits per heavy atom. The van der Waals surface area contributed by atoms with Gasteiger partial charge in [-0.3, -0.25) is 14.6 Å². The van der Waals surface area contributed by atoms with Crippen molar-refractivity contribution < 1.29 is 14.0 Å². The fourth-order valence-electron chi connectivity index (χ4n) is 2.55. The van der Waals surface area contributed by atoms with Gasteiger partial charge in [0.15, 0.2) is 0 Å². The lowest BCUT2D eigenvalue weighted by Crippen LogP contribution is -2.47. The molecule has 5 nitrogen and oxygen atoms in total. The molecule has 1 aromatic heterocycles. The van der Waals surface area contributed by atoms with Crippen LogP contribution in [0.25, 0.3) is 0 Å². The summed E-state index contributed by atoms with van der Waals surface area (Å²) in [6.07, 6.45) is 2.72. The SMILES string of the molecule is CCCC(=O)N(Cc1ccc(F)cc1)[C@H](C)C(=O)NCc1ccccn1. The molecule has 0 aliphatic rings. The highest BCUT2D eigenvalue weighted by atomic mass is 19.1. The first-order chi connectivity index (χ1) is 12.5. The quantitative estimate of drug-likeness (QED) is 0.790. The first-order valence-corrected chi connectivity index (χ1v) is 8.72. The van der Waals surface area contributed by atoms with Gasteiger partial charge in [-0.1, -0.05) is 25.1 Å². The molecule has 138 valence electrons. The Bertz CT molecular complexity index is 720. The molecular formula is C20H24FN3O2. The van der Waals surface area contributed by atoms with E-state index in [1.807, 2.05) is 25.1 Å². The van der Waals surface area contributed by atoms with Gasteiger partial charge in [0.05, 0.1) is 12.2 Å². The number of benzene rings is 1. The Balaban J connectivity index is 2.05. The van der Waals surface area contributed by atoms with E-state index in [0.717, 1.165) is 11.3 Å². The van der Waals surface area contributed by atoms with Crippen molar-refractivity contribution >= 4 is 11.8 Å². The van der Waals surface area contributed by atoms with Crippen LogP contribution in [0.1, 0.15) is 37.9 Å². The third kappa shape index (κ3) is 5.65. The molecule has 1 heterocycles. The summed E-state index contributed by atoms with van der Waals surface area (Å²) in [6, 6.07) is 10.8. The van der Waals surface area contributed by atoms with Gasteiger partial charge in [0.1, 0.15) is 11.9 Å². The number of pyridine rings is 1. The summed E-state index contributed by atoms with van der Waals surface area (Å²) in [5.74, 6) is -0.680. The minimum absolute atomic E-state index is 0.0997. The summed E-state index contributed by atoms with van der Waals surface area (Å²) in [7, 11) is 0. The maximum Gasteiger partial charge on any atom is 0.242 e. The summed E-state index contributed by atoms with van der Waals surface area (Å²) in [4.78, 5) is 30.7. The Labute approximate surface area is 153 Å². The summed E-state index contributed by atoms with van der Waals surface area (Å²) in [6.45, 7) is 4.18. The molecule has 0 radical (unpaired) electrons. The van der Waals surface area contributed by atoms with Gasteiger partial charge in [0.25, 0.3) is 0 Å². The number of aromatic nitrogens is 1. The minimum atomic E-state index is -0.636.